The van der Waals surface area contributed by atoms with Crippen molar-refractivity contribution in [1.29, 1.82) is 5.26 Å². The Morgan fingerprint density at radius 3 is 2.62 bits per heavy atom. The second-order valence-corrected chi connectivity index (χ2v) is 8.88. The molecule has 1 aliphatic carbocycles. The third kappa shape index (κ3) is 2.54. The van der Waals surface area contributed by atoms with Gasteiger partial charge in [0.2, 0.25) is 5.91 Å². The van der Waals surface area contributed by atoms with E-state index in [4.69, 9.17) is 23.2 Å². The minimum Gasteiger partial charge on any atom is -0.367 e. The van der Waals surface area contributed by atoms with Gasteiger partial charge in [-0.05, 0) is 49.8 Å². The third-order valence-corrected chi connectivity index (χ3v) is 7.05. The number of nitriles is 1. The second-order valence-electron chi connectivity index (χ2n) is 8.01. The monoisotopic (exact) mass is 390 g/mol. The standard InChI is InChI=1S/C19H20Cl2N4O/c20-10-3-11(21)5-13(4-10)24-8-15(14-7-18(14)24)19(26)23-16-6-12-1-2-17(16)25(12)9-22/h3-5,12,14-18H,1-2,6-8H2,(H,23,26)/t12-,14+,15-,16+,17+,18+/m0/s1. The number of piperidine rings is 1. The van der Waals surface area contributed by atoms with Crippen molar-refractivity contribution < 1.29 is 4.79 Å². The molecular formula is C19H20Cl2N4O. The van der Waals surface area contributed by atoms with E-state index in [0.717, 1.165) is 31.4 Å². The topological polar surface area (TPSA) is 59.4 Å². The molecule has 26 heavy (non-hydrogen) atoms. The van der Waals surface area contributed by atoms with Crippen LogP contribution in [0.5, 0.6) is 0 Å². The fourth-order valence-electron chi connectivity index (χ4n) is 5.34. The number of hydrogen-bond acceptors (Lipinski definition) is 4. The third-order valence-electron chi connectivity index (χ3n) is 6.61. The molecule has 1 aromatic rings. The number of fused-ring (bicyclic) bond motifs is 3. The molecule has 4 aliphatic rings. The van der Waals surface area contributed by atoms with Crippen LogP contribution in [-0.4, -0.2) is 41.5 Å². The number of nitrogens with one attached hydrogen (secondary N) is 1. The van der Waals surface area contributed by atoms with Gasteiger partial charge in [0, 0.05) is 34.4 Å². The van der Waals surface area contributed by atoms with Crippen molar-refractivity contribution in [1.82, 2.24) is 10.2 Å². The summed E-state index contributed by atoms with van der Waals surface area (Å²) in [5.41, 5.74) is 1.00. The van der Waals surface area contributed by atoms with Crippen molar-refractivity contribution in [3.63, 3.8) is 0 Å². The fraction of sp³-hybridized carbons (Fsp3) is 0.579. The van der Waals surface area contributed by atoms with Crippen molar-refractivity contribution in [3.05, 3.63) is 28.2 Å². The van der Waals surface area contributed by atoms with Crippen molar-refractivity contribution in [2.75, 3.05) is 11.4 Å². The fourth-order valence-corrected chi connectivity index (χ4v) is 5.86. The Kier molecular flexibility index (Phi) is 3.77. The summed E-state index contributed by atoms with van der Waals surface area (Å²) in [5.74, 6) is 0.564. The molecule has 1 N–H and O–H groups in total. The number of halogens is 2. The molecule has 3 aliphatic heterocycles. The minimum absolute atomic E-state index is 0.00687. The van der Waals surface area contributed by atoms with E-state index in [1.807, 2.05) is 17.0 Å². The van der Waals surface area contributed by atoms with E-state index < -0.39 is 0 Å². The highest BCUT2D eigenvalue weighted by atomic mass is 35.5. The summed E-state index contributed by atoms with van der Waals surface area (Å²) in [6.07, 6.45) is 6.33. The van der Waals surface area contributed by atoms with Gasteiger partial charge in [-0.15, -0.1) is 0 Å². The van der Waals surface area contributed by atoms with Crippen LogP contribution in [0.3, 0.4) is 0 Å². The summed E-state index contributed by atoms with van der Waals surface area (Å²) in [7, 11) is 0. The smallest absolute Gasteiger partial charge is 0.225 e. The first kappa shape index (κ1) is 16.5. The molecule has 3 heterocycles. The maximum Gasteiger partial charge on any atom is 0.225 e. The van der Waals surface area contributed by atoms with Gasteiger partial charge in [0.1, 0.15) is 0 Å². The lowest BCUT2D eigenvalue weighted by molar-refractivity contribution is -0.125. The average Bonchev–Trinajstić information content (AvgIpc) is 2.99. The van der Waals surface area contributed by atoms with Gasteiger partial charge in [-0.1, -0.05) is 23.2 Å². The van der Waals surface area contributed by atoms with Crippen LogP contribution in [0, 0.1) is 23.3 Å². The zero-order valence-electron chi connectivity index (χ0n) is 14.2. The van der Waals surface area contributed by atoms with Gasteiger partial charge < -0.3 is 15.1 Å². The van der Waals surface area contributed by atoms with Crippen LogP contribution < -0.4 is 10.2 Å². The lowest BCUT2D eigenvalue weighted by atomic mass is 9.94. The molecule has 0 radical (unpaired) electrons. The SMILES string of the molecule is N#CN1[C@H]2CC[C@@H]1[C@H](NC(=O)[C@H]1CN(c3cc(Cl)cc(Cl)c3)[C@@H]3C[C@H]13)C2. The number of anilines is 1. The lowest BCUT2D eigenvalue weighted by Gasteiger charge is -2.26. The Morgan fingerprint density at radius 2 is 1.92 bits per heavy atom. The van der Waals surface area contributed by atoms with Crippen LogP contribution in [0.25, 0.3) is 0 Å². The quantitative estimate of drug-likeness (QED) is 0.805. The Balaban J connectivity index is 1.27. The largest absolute Gasteiger partial charge is 0.367 e. The Labute approximate surface area is 162 Å². The number of amides is 1. The van der Waals surface area contributed by atoms with Crippen LogP contribution >= 0.6 is 23.2 Å². The first-order valence-electron chi connectivity index (χ1n) is 9.26. The summed E-state index contributed by atoms with van der Waals surface area (Å²) >= 11 is 12.3. The average molecular weight is 391 g/mol. The molecule has 136 valence electrons. The summed E-state index contributed by atoms with van der Waals surface area (Å²) in [5, 5.41) is 13.8. The number of carbonyl (C=O) groups excluding carboxylic acids is 1. The van der Waals surface area contributed by atoms with Crippen LogP contribution in [0.4, 0.5) is 5.69 Å². The number of nitrogens with zero attached hydrogens (tertiary/aromatic N) is 3. The second kappa shape index (κ2) is 5.94. The van der Waals surface area contributed by atoms with E-state index in [1.165, 1.54) is 0 Å². The van der Waals surface area contributed by atoms with Gasteiger partial charge >= 0.3 is 0 Å². The molecule has 0 unspecified atom stereocenters. The van der Waals surface area contributed by atoms with Gasteiger partial charge in [-0.3, -0.25) is 4.79 Å². The van der Waals surface area contributed by atoms with Crippen LogP contribution in [0.2, 0.25) is 10.0 Å². The molecule has 5 rings (SSSR count). The summed E-state index contributed by atoms with van der Waals surface area (Å²) < 4.78 is 0. The Bertz CT molecular complexity index is 789. The highest BCUT2D eigenvalue weighted by Gasteiger charge is 2.56. The van der Waals surface area contributed by atoms with E-state index in [0.29, 0.717) is 34.6 Å². The molecule has 3 saturated heterocycles. The molecule has 0 aromatic heterocycles. The molecule has 4 fully saturated rings. The minimum atomic E-state index is 0.00687. The number of hydrogen-bond donors (Lipinski definition) is 1. The highest BCUT2D eigenvalue weighted by Crippen LogP contribution is 2.50. The van der Waals surface area contributed by atoms with Gasteiger partial charge in [0.25, 0.3) is 0 Å². The van der Waals surface area contributed by atoms with Gasteiger partial charge in [0.15, 0.2) is 6.19 Å². The molecule has 1 amide bonds. The van der Waals surface area contributed by atoms with E-state index in [2.05, 4.69) is 16.4 Å². The molecular weight excluding hydrogens is 371 g/mol. The maximum atomic E-state index is 12.9. The van der Waals surface area contributed by atoms with Gasteiger partial charge in [-0.2, -0.15) is 5.26 Å². The first-order chi connectivity index (χ1) is 12.5. The Morgan fingerprint density at radius 1 is 1.15 bits per heavy atom. The van der Waals surface area contributed by atoms with E-state index in [-0.39, 0.29) is 23.9 Å². The highest BCUT2D eigenvalue weighted by molar-refractivity contribution is 6.35. The van der Waals surface area contributed by atoms with Crippen molar-refractivity contribution in [3.8, 4) is 6.19 Å². The molecule has 5 nitrogen and oxygen atoms in total. The van der Waals surface area contributed by atoms with Gasteiger partial charge in [-0.25, -0.2) is 0 Å². The number of rotatable bonds is 3. The van der Waals surface area contributed by atoms with Crippen LogP contribution in [0.1, 0.15) is 25.7 Å². The summed E-state index contributed by atoms with van der Waals surface area (Å²) in [6.45, 7) is 0.709. The lowest BCUT2D eigenvalue weighted by Crippen LogP contribution is -2.46. The van der Waals surface area contributed by atoms with E-state index in [9.17, 15) is 10.1 Å². The molecule has 2 bridgehead atoms. The maximum absolute atomic E-state index is 12.9. The molecule has 6 atom stereocenters. The van der Waals surface area contributed by atoms with E-state index >= 15 is 0 Å². The summed E-state index contributed by atoms with van der Waals surface area (Å²) in [6, 6.07) is 6.61. The summed E-state index contributed by atoms with van der Waals surface area (Å²) in [4.78, 5) is 17.1. The Hall–Kier alpha value is -1.64. The van der Waals surface area contributed by atoms with E-state index in [1.54, 1.807) is 6.07 Å². The normalized spacial score (nSPS) is 36.8. The van der Waals surface area contributed by atoms with Crippen molar-refractivity contribution >= 4 is 34.8 Å². The van der Waals surface area contributed by atoms with Crippen molar-refractivity contribution in [2.45, 2.75) is 49.9 Å². The van der Waals surface area contributed by atoms with Crippen LogP contribution in [0.15, 0.2) is 18.2 Å². The number of benzene rings is 1. The molecule has 1 saturated carbocycles. The van der Waals surface area contributed by atoms with Gasteiger partial charge in [0.05, 0.1) is 18.0 Å². The molecule has 7 heteroatoms. The zero-order valence-corrected chi connectivity index (χ0v) is 15.7. The van der Waals surface area contributed by atoms with Crippen molar-refractivity contribution in [2.24, 2.45) is 11.8 Å². The zero-order chi connectivity index (χ0) is 18.0. The predicted molar refractivity (Wildman–Crippen MR) is 100 cm³/mol. The molecule has 1 aromatic carbocycles. The molecule has 0 spiro atoms. The van der Waals surface area contributed by atoms with Crippen LogP contribution in [-0.2, 0) is 4.79 Å². The number of carbonyl (C=O) groups is 1. The first-order valence-corrected chi connectivity index (χ1v) is 10.0. The predicted octanol–water partition coefficient (Wildman–Crippen LogP) is 3.02.